The lowest BCUT2D eigenvalue weighted by atomic mass is 9.73. The molecule has 1 aromatic heterocycles. The van der Waals surface area contributed by atoms with Crippen molar-refractivity contribution in [3.05, 3.63) is 82.6 Å². The van der Waals surface area contributed by atoms with Gasteiger partial charge in [0, 0.05) is 42.0 Å². The maximum Gasteiger partial charge on any atom is 0.135 e. The van der Waals surface area contributed by atoms with Crippen LogP contribution >= 0.6 is 24.8 Å². The van der Waals surface area contributed by atoms with Crippen molar-refractivity contribution < 1.29 is 4.39 Å². The maximum atomic E-state index is 13.6. The molecule has 0 saturated carbocycles. The Kier molecular flexibility index (Phi) is 7.07. The normalized spacial score (nSPS) is 19.6. The zero-order valence-corrected chi connectivity index (χ0v) is 21.0. The third-order valence-corrected chi connectivity index (χ3v) is 7.84. The van der Waals surface area contributed by atoms with E-state index >= 15 is 0 Å². The fourth-order valence-electron chi connectivity index (χ4n) is 6.00. The smallest absolute Gasteiger partial charge is 0.135 e. The molecule has 1 unspecified atom stereocenters. The molecule has 2 aromatic carbocycles. The van der Waals surface area contributed by atoms with Crippen LogP contribution in [0, 0.1) is 5.82 Å². The molecule has 0 bridgehead atoms. The minimum Gasteiger partial charge on any atom is -0.384 e. The first-order valence-electron chi connectivity index (χ1n) is 11.8. The number of fused-ring (bicyclic) bond motifs is 3. The molecule has 7 heteroatoms. The van der Waals surface area contributed by atoms with E-state index in [0.717, 1.165) is 50.9 Å². The summed E-state index contributed by atoms with van der Waals surface area (Å²) >= 11 is 0. The molecule has 1 fully saturated rings. The first-order valence-corrected chi connectivity index (χ1v) is 11.8. The Morgan fingerprint density at radius 1 is 1.06 bits per heavy atom. The zero-order chi connectivity index (χ0) is 21.7. The second-order valence-electron chi connectivity index (χ2n) is 9.80. The van der Waals surface area contributed by atoms with Gasteiger partial charge < -0.3 is 10.2 Å². The van der Waals surface area contributed by atoms with E-state index in [-0.39, 0.29) is 36.0 Å². The van der Waals surface area contributed by atoms with Crippen LogP contribution in [-0.2, 0) is 18.3 Å². The highest BCUT2D eigenvalue weighted by molar-refractivity contribution is 5.85. The van der Waals surface area contributed by atoms with E-state index < -0.39 is 0 Å². The molecule has 0 amide bonds. The summed E-state index contributed by atoms with van der Waals surface area (Å²) in [6.45, 7) is 5.34. The van der Waals surface area contributed by atoms with Crippen molar-refractivity contribution >= 4 is 36.3 Å². The molecule has 34 heavy (non-hydrogen) atoms. The SMILES string of the molecule is CC1CCc2ncnc(N3CCC4(CC3)CNc3ccc(Cc5cccc(F)c5)cc34)c21.Cl.Cl. The van der Waals surface area contributed by atoms with Crippen molar-refractivity contribution in [2.45, 2.75) is 50.4 Å². The highest BCUT2D eigenvalue weighted by atomic mass is 35.5. The number of aryl methyl sites for hydroxylation is 1. The molecule has 4 nitrogen and oxygen atoms in total. The van der Waals surface area contributed by atoms with Crippen LogP contribution in [-0.4, -0.2) is 29.6 Å². The average Bonchev–Trinajstić information content (AvgIpc) is 3.35. The highest BCUT2D eigenvalue weighted by Gasteiger charge is 2.42. The van der Waals surface area contributed by atoms with Crippen LogP contribution in [0.15, 0.2) is 48.8 Å². The topological polar surface area (TPSA) is 41.1 Å². The van der Waals surface area contributed by atoms with E-state index in [1.807, 2.05) is 6.07 Å². The Balaban J connectivity index is 0.00000137. The van der Waals surface area contributed by atoms with Crippen LogP contribution in [0.25, 0.3) is 0 Å². The first-order chi connectivity index (χ1) is 15.6. The molecule has 6 rings (SSSR count). The summed E-state index contributed by atoms with van der Waals surface area (Å²) in [7, 11) is 0. The summed E-state index contributed by atoms with van der Waals surface area (Å²) in [6, 6.07) is 13.7. The summed E-state index contributed by atoms with van der Waals surface area (Å²) in [5.74, 6) is 1.55. The molecule has 1 atom stereocenters. The molecule has 1 aliphatic carbocycles. The minimum absolute atomic E-state index is 0. The zero-order valence-electron chi connectivity index (χ0n) is 19.4. The standard InChI is InChI=1S/C27H29FN4.2ClH/c1-18-5-7-24-25(18)26(31-17-30-24)32-11-9-27(10-12-32)16-29-23-8-6-20(15-22(23)27)13-19-3-2-4-21(28)14-19;;/h2-4,6,8,14-15,17-18,29H,5,7,9-13,16H2,1H3;2*1H. The molecular formula is C27H31Cl2FN4. The summed E-state index contributed by atoms with van der Waals surface area (Å²) in [5, 5.41) is 3.66. The third-order valence-electron chi connectivity index (χ3n) is 7.84. The minimum atomic E-state index is -0.167. The van der Waals surface area contributed by atoms with Gasteiger partial charge >= 0.3 is 0 Å². The largest absolute Gasteiger partial charge is 0.384 e. The summed E-state index contributed by atoms with van der Waals surface area (Å²) in [5.41, 5.74) is 7.77. The number of aromatic nitrogens is 2. The van der Waals surface area contributed by atoms with Crippen LogP contribution in [0.5, 0.6) is 0 Å². The Labute approximate surface area is 213 Å². The summed E-state index contributed by atoms with van der Waals surface area (Å²) in [4.78, 5) is 11.8. The molecule has 0 radical (unpaired) electrons. The van der Waals surface area contributed by atoms with E-state index in [2.05, 4.69) is 40.3 Å². The van der Waals surface area contributed by atoms with Gasteiger partial charge in [0.15, 0.2) is 0 Å². The molecule has 3 heterocycles. The second kappa shape index (κ2) is 9.71. The van der Waals surface area contributed by atoms with Gasteiger partial charge in [0.25, 0.3) is 0 Å². The Bertz CT molecular complexity index is 1180. The van der Waals surface area contributed by atoms with Crippen LogP contribution in [0.4, 0.5) is 15.9 Å². The molecule has 1 N–H and O–H groups in total. The Morgan fingerprint density at radius 3 is 2.65 bits per heavy atom. The molecule has 3 aromatic rings. The second-order valence-corrected chi connectivity index (χ2v) is 9.80. The molecule has 2 aliphatic heterocycles. The van der Waals surface area contributed by atoms with Gasteiger partial charge in [0.1, 0.15) is 18.0 Å². The number of hydrogen-bond acceptors (Lipinski definition) is 4. The quantitative estimate of drug-likeness (QED) is 0.474. The molecule has 1 saturated heterocycles. The van der Waals surface area contributed by atoms with Gasteiger partial charge in [-0.05, 0) is 72.9 Å². The van der Waals surface area contributed by atoms with Crippen LogP contribution < -0.4 is 10.2 Å². The van der Waals surface area contributed by atoms with E-state index in [1.54, 1.807) is 18.5 Å². The third kappa shape index (κ3) is 4.25. The van der Waals surface area contributed by atoms with Crippen molar-refractivity contribution in [3.8, 4) is 0 Å². The van der Waals surface area contributed by atoms with Crippen molar-refractivity contribution in [1.29, 1.82) is 0 Å². The van der Waals surface area contributed by atoms with E-state index in [9.17, 15) is 4.39 Å². The Hall–Kier alpha value is -2.37. The summed E-state index contributed by atoms with van der Waals surface area (Å²) < 4.78 is 13.6. The lowest BCUT2D eigenvalue weighted by molar-refractivity contribution is 0.360. The van der Waals surface area contributed by atoms with E-state index in [0.29, 0.717) is 5.92 Å². The first kappa shape index (κ1) is 24.7. The monoisotopic (exact) mass is 500 g/mol. The molecular weight excluding hydrogens is 470 g/mol. The maximum absolute atomic E-state index is 13.6. The van der Waals surface area contributed by atoms with Gasteiger partial charge in [-0.3, -0.25) is 0 Å². The summed E-state index contributed by atoms with van der Waals surface area (Å²) in [6.07, 6.45) is 7.01. The molecule has 3 aliphatic rings. The van der Waals surface area contributed by atoms with Gasteiger partial charge in [0.2, 0.25) is 0 Å². The number of rotatable bonds is 3. The van der Waals surface area contributed by atoms with Crippen LogP contribution in [0.2, 0.25) is 0 Å². The molecule has 180 valence electrons. The van der Waals surface area contributed by atoms with E-state index in [4.69, 9.17) is 4.98 Å². The average molecular weight is 501 g/mol. The number of hydrogen-bond donors (Lipinski definition) is 1. The van der Waals surface area contributed by atoms with Crippen molar-refractivity contribution in [2.24, 2.45) is 0 Å². The number of piperidine rings is 1. The number of anilines is 2. The Morgan fingerprint density at radius 2 is 1.85 bits per heavy atom. The van der Waals surface area contributed by atoms with Gasteiger partial charge in [0.05, 0.1) is 0 Å². The van der Waals surface area contributed by atoms with Crippen molar-refractivity contribution in [1.82, 2.24) is 9.97 Å². The fourth-order valence-corrected chi connectivity index (χ4v) is 6.00. The van der Waals surface area contributed by atoms with Gasteiger partial charge in [-0.2, -0.15) is 0 Å². The van der Waals surface area contributed by atoms with Crippen molar-refractivity contribution in [3.63, 3.8) is 0 Å². The highest BCUT2D eigenvalue weighted by Crippen LogP contribution is 2.46. The number of halogens is 3. The van der Waals surface area contributed by atoms with Gasteiger partial charge in [-0.15, -0.1) is 24.8 Å². The van der Waals surface area contributed by atoms with Gasteiger partial charge in [-0.25, -0.2) is 14.4 Å². The molecule has 1 spiro atoms. The van der Waals surface area contributed by atoms with E-state index in [1.165, 1.54) is 46.4 Å². The van der Waals surface area contributed by atoms with Crippen LogP contribution in [0.1, 0.15) is 60.1 Å². The fraction of sp³-hybridized carbons (Fsp3) is 0.407. The lowest BCUT2D eigenvalue weighted by Gasteiger charge is -2.40. The van der Waals surface area contributed by atoms with Gasteiger partial charge in [-0.1, -0.05) is 31.2 Å². The predicted octanol–water partition coefficient (Wildman–Crippen LogP) is 6.06. The number of benzene rings is 2. The van der Waals surface area contributed by atoms with Crippen LogP contribution in [0.3, 0.4) is 0 Å². The number of nitrogens with zero attached hydrogens (tertiary/aromatic N) is 3. The predicted molar refractivity (Wildman–Crippen MR) is 141 cm³/mol. The number of nitrogens with one attached hydrogen (secondary N) is 1. The van der Waals surface area contributed by atoms with Crippen molar-refractivity contribution in [2.75, 3.05) is 29.9 Å². The lowest BCUT2D eigenvalue weighted by Crippen LogP contribution is -2.44.